The summed E-state index contributed by atoms with van der Waals surface area (Å²) >= 11 is 1.86. The van der Waals surface area contributed by atoms with Crippen LogP contribution in [0.5, 0.6) is 0 Å². The first kappa shape index (κ1) is 14.9. The molecule has 1 aliphatic rings. The molecule has 7 heteroatoms. The van der Waals surface area contributed by atoms with E-state index in [9.17, 15) is 18.8 Å². The lowest BCUT2D eigenvalue weighted by molar-refractivity contribution is -0.147. The first-order valence-corrected chi connectivity index (χ1v) is 7.04. The van der Waals surface area contributed by atoms with Crippen LogP contribution >= 0.6 is 22.6 Å². The Labute approximate surface area is 128 Å². The Kier molecular flexibility index (Phi) is 4.36. The monoisotopic (exact) mass is 390 g/mol. The number of benzene rings is 1. The topological polar surface area (TPSA) is 66.5 Å². The number of carbonyl (C=O) groups excluding carboxylic acids is 3. The van der Waals surface area contributed by atoms with Crippen LogP contribution in [0.3, 0.4) is 0 Å². The highest BCUT2D eigenvalue weighted by molar-refractivity contribution is 14.1. The van der Waals surface area contributed by atoms with E-state index in [-0.39, 0.29) is 18.7 Å². The van der Waals surface area contributed by atoms with Crippen molar-refractivity contribution in [2.45, 2.75) is 18.9 Å². The molecule has 3 amide bonds. The van der Waals surface area contributed by atoms with Gasteiger partial charge in [0, 0.05) is 17.0 Å². The average molecular weight is 390 g/mol. The molecule has 1 heterocycles. The van der Waals surface area contributed by atoms with E-state index in [0.29, 0.717) is 9.13 Å². The zero-order chi connectivity index (χ0) is 14.9. The zero-order valence-electron chi connectivity index (χ0n) is 10.7. The molecule has 1 aliphatic heterocycles. The lowest BCUT2D eigenvalue weighted by Crippen LogP contribution is -2.53. The minimum absolute atomic E-state index is 0.216. The summed E-state index contributed by atoms with van der Waals surface area (Å²) in [6.45, 7) is 0. The van der Waals surface area contributed by atoms with E-state index in [1.807, 2.05) is 22.6 Å². The molecule has 0 bridgehead atoms. The van der Waals surface area contributed by atoms with Gasteiger partial charge in [-0.25, -0.2) is 4.39 Å². The minimum atomic E-state index is -0.717. The smallest absolute Gasteiger partial charge is 0.253 e. The third kappa shape index (κ3) is 2.97. The zero-order valence-corrected chi connectivity index (χ0v) is 12.8. The van der Waals surface area contributed by atoms with E-state index in [1.54, 1.807) is 0 Å². The van der Waals surface area contributed by atoms with Crippen LogP contribution in [0, 0.1) is 9.39 Å². The maximum atomic E-state index is 13.0. The molecule has 1 saturated heterocycles. The number of amides is 3. The lowest BCUT2D eigenvalue weighted by Gasteiger charge is -2.28. The molecule has 2 rings (SSSR count). The van der Waals surface area contributed by atoms with Gasteiger partial charge in [-0.15, -0.1) is 0 Å². The van der Waals surface area contributed by atoms with Gasteiger partial charge in [0.1, 0.15) is 11.9 Å². The number of likely N-dealkylation sites (tertiary alicyclic amines) is 1. The van der Waals surface area contributed by atoms with Crippen molar-refractivity contribution in [3.8, 4) is 0 Å². The molecule has 0 aliphatic carbocycles. The number of piperidine rings is 1. The summed E-state index contributed by atoms with van der Waals surface area (Å²) in [5, 5.41) is 2.59. The van der Waals surface area contributed by atoms with Crippen molar-refractivity contribution in [1.82, 2.24) is 10.2 Å². The highest BCUT2D eigenvalue weighted by Gasteiger charge is 2.33. The van der Waals surface area contributed by atoms with E-state index in [0.717, 1.165) is 4.90 Å². The Balaban J connectivity index is 2.12. The third-order valence-corrected chi connectivity index (χ3v) is 4.02. The quantitative estimate of drug-likeness (QED) is 0.612. The van der Waals surface area contributed by atoms with Gasteiger partial charge in [0.15, 0.2) is 0 Å². The molecule has 1 N–H and O–H groups in total. The molecular formula is C13H12FIN2O3. The molecule has 20 heavy (non-hydrogen) atoms. The van der Waals surface area contributed by atoms with Gasteiger partial charge in [-0.05, 0) is 47.2 Å². The Hall–Kier alpha value is -1.51. The van der Waals surface area contributed by atoms with Crippen molar-refractivity contribution in [2.24, 2.45) is 0 Å². The van der Waals surface area contributed by atoms with Gasteiger partial charge in [-0.2, -0.15) is 0 Å². The number of nitrogens with zero attached hydrogens (tertiary/aromatic N) is 1. The van der Waals surface area contributed by atoms with Gasteiger partial charge >= 0.3 is 0 Å². The van der Waals surface area contributed by atoms with Crippen LogP contribution in [0.4, 0.5) is 4.39 Å². The van der Waals surface area contributed by atoms with E-state index < -0.39 is 23.7 Å². The molecule has 1 aromatic rings. The minimum Gasteiger partial charge on any atom is -0.340 e. The third-order valence-electron chi connectivity index (χ3n) is 3.13. The molecule has 0 aromatic heterocycles. The van der Waals surface area contributed by atoms with E-state index in [2.05, 4.69) is 5.32 Å². The van der Waals surface area contributed by atoms with Crippen molar-refractivity contribution in [2.75, 3.05) is 7.05 Å². The van der Waals surface area contributed by atoms with Crippen LogP contribution in [0.15, 0.2) is 18.2 Å². The summed E-state index contributed by atoms with van der Waals surface area (Å²) in [6.07, 6.45) is 0.499. The van der Waals surface area contributed by atoms with Crippen LogP contribution in [0.2, 0.25) is 0 Å². The van der Waals surface area contributed by atoms with E-state index in [1.165, 1.54) is 25.2 Å². The van der Waals surface area contributed by atoms with Crippen LogP contribution in [-0.4, -0.2) is 35.7 Å². The Bertz CT molecular complexity index is 591. The summed E-state index contributed by atoms with van der Waals surface area (Å²) < 4.78 is 13.5. The number of hydrogen-bond donors (Lipinski definition) is 1. The molecule has 1 aromatic carbocycles. The van der Waals surface area contributed by atoms with Crippen molar-refractivity contribution < 1.29 is 18.8 Å². The fourth-order valence-electron chi connectivity index (χ4n) is 1.96. The summed E-state index contributed by atoms with van der Waals surface area (Å²) in [4.78, 5) is 36.3. The van der Waals surface area contributed by atoms with Gasteiger partial charge < -0.3 is 5.32 Å². The lowest BCUT2D eigenvalue weighted by atomic mass is 10.0. The molecular weight excluding hydrogens is 378 g/mol. The van der Waals surface area contributed by atoms with Gasteiger partial charge in [-0.3, -0.25) is 19.3 Å². The molecule has 0 spiro atoms. The predicted octanol–water partition coefficient (Wildman–Crippen LogP) is 1.31. The first-order valence-electron chi connectivity index (χ1n) is 5.96. The number of hydrogen-bond acceptors (Lipinski definition) is 3. The molecule has 106 valence electrons. The van der Waals surface area contributed by atoms with Crippen LogP contribution in [-0.2, 0) is 9.59 Å². The summed E-state index contributed by atoms with van der Waals surface area (Å²) in [5.74, 6) is -1.55. The van der Waals surface area contributed by atoms with E-state index >= 15 is 0 Å². The van der Waals surface area contributed by atoms with E-state index in [4.69, 9.17) is 0 Å². The summed E-state index contributed by atoms with van der Waals surface area (Å²) in [6, 6.07) is 3.09. The van der Waals surface area contributed by atoms with Gasteiger partial charge in [0.2, 0.25) is 5.91 Å². The number of likely N-dealkylation sites (N-methyl/N-ethyl adjacent to an activating group) is 1. The maximum absolute atomic E-state index is 13.0. The second-order valence-electron chi connectivity index (χ2n) is 4.48. The van der Waals surface area contributed by atoms with Gasteiger partial charge in [0.25, 0.3) is 11.8 Å². The molecule has 0 saturated carbocycles. The Morgan fingerprint density at radius 1 is 1.45 bits per heavy atom. The molecule has 1 unspecified atom stereocenters. The second kappa shape index (κ2) is 5.86. The number of nitrogens with one attached hydrogen (secondary N) is 1. The number of halogens is 2. The van der Waals surface area contributed by atoms with Crippen LogP contribution in [0.25, 0.3) is 0 Å². The number of imide groups is 1. The highest BCUT2D eigenvalue weighted by atomic mass is 127. The van der Waals surface area contributed by atoms with Gasteiger partial charge in [-0.1, -0.05) is 0 Å². The van der Waals surface area contributed by atoms with Crippen molar-refractivity contribution in [1.29, 1.82) is 0 Å². The largest absolute Gasteiger partial charge is 0.340 e. The fourth-order valence-corrected chi connectivity index (χ4v) is 2.68. The normalized spacial score (nSPS) is 19.1. The Morgan fingerprint density at radius 3 is 2.80 bits per heavy atom. The standard InChI is InChI=1S/C13H12FIN2O3/c1-17-11(18)5-4-10(13(17)20)16-12(19)8-3-2-7(14)6-9(8)15/h2-3,6,10H,4-5H2,1H3,(H,16,19). The predicted molar refractivity (Wildman–Crippen MR) is 77.4 cm³/mol. The van der Waals surface area contributed by atoms with Crippen molar-refractivity contribution in [3.05, 3.63) is 33.1 Å². The van der Waals surface area contributed by atoms with Crippen LogP contribution < -0.4 is 5.32 Å². The Morgan fingerprint density at radius 2 is 2.15 bits per heavy atom. The van der Waals surface area contributed by atoms with Crippen LogP contribution in [0.1, 0.15) is 23.2 Å². The SMILES string of the molecule is CN1C(=O)CCC(NC(=O)c2ccc(F)cc2I)C1=O. The first-order chi connectivity index (χ1) is 9.40. The molecule has 1 fully saturated rings. The fraction of sp³-hybridized carbons (Fsp3) is 0.308. The average Bonchev–Trinajstić information content (AvgIpc) is 2.39. The molecule has 5 nitrogen and oxygen atoms in total. The molecule has 0 radical (unpaired) electrons. The maximum Gasteiger partial charge on any atom is 0.253 e. The summed E-state index contributed by atoms with van der Waals surface area (Å²) in [7, 11) is 1.39. The van der Waals surface area contributed by atoms with Crippen molar-refractivity contribution >= 4 is 40.3 Å². The summed E-state index contributed by atoms with van der Waals surface area (Å²) in [5.41, 5.74) is 0.305. The van der Waals surface area contributed by atoms with Gasteiger partial charge in [0.05, 0.1) is 5.56 Å². The second-order valence-corrected chi connectivity index (χ2v) is 5.64. The number of carbonyl (C=O) groups is 3. The highest BCUT2D eigenvalue weighted by Crippen LogP contribution is 2.16. The number of rotatable bonds is 2. The molecule has 1 atom stereocenters. The van der Waals surface area contributed by atoms with Crippen molar-refractivity contribution in [3.63, 3.8) is 0 Å².